The van der Waals surface area contributed by atoms with Crippen molar-refractivity contribution in [1.29, 1.82) is 0 Å². The minimum atomic E-state index is 0.0360. The van der Waals surface area contributed by atoms with E-state index < -0.39 is 0 Å². The highest BCUT2D eigenvalue weighted by atomic mass is 35.5. The van der Waals surface area contributed by atoms with E-state index >= 15 is 0 Å². The Bertz CT molecular complexity index is 646. The standard InChI is InChI=1S/C19H21ClN2O/c20-16-6-3-15(4-7-16)5-12-19(23)21-17-8-10-18(11-9-17)22-13-1-2-14-22/h3-4,6-11H,1-2,5,12-14H2,(H,21,23). The lowest BCUT2D eigenvalue weighted by molar-refractivity contribution is -0.116. The molecule has 4 heteroatoms. The molecule has 0 saturated carbocycles. The summed E-state index contributed by atoms with van der Waals surface area (Å²) in [5.74, 6) is 0.0360. The van der Waals surface area contributed by atoms with Crippen LogP contribution in [0.5, 0.6) is 0 Å². The average Bonchev–Trinajstić information content (AvgIpc) is 3.09. The fourth-order valence-corrected chi connectivity index (χ4v) is 2.99. The lowest BCUT2D eigenvalue weighted by Gasteiger charge is -2.17. The van der Waals surface area contributed by atoms with E-state index in [2.05, 4.69) is 22.3 Å². The number of hydrogen-bond acceptors (Lipinski definition) is 2. The molecule has 0 bridgehead atoms. The molecule has 1 saturated heterocycles. The zero-order valence-electron chi connectivity index (χ0n) is 13.1. The van der Waals surface area contributed by atoms with Gasteiger partial charge in [-0.1, -0.05) is 23.7 Å². The van der Waals surface area contributed by atoms with E-state index in [1.807, 2.05) is 36.4 Å². The van der Waals surface area contributed by atoms with Crippen LogP contribution in [0.1, 0.15) is 24.8 Å². The Morgan fingerprint density at radius 1 is 1.00 bits per heavy atom. The highest BCUT2D eigenvalue weighted by molar-refractivity contribution is 6.30. The zero-order chi connectivity index (χ0) is 16.1. The molecule has 0 aromatic heterocycles. The Labute approximate surface area is 142 Å². The summed E-state index contributed by atoms with van der Waals surface area (Å²) < 4.78 is 0. The van der Waals surface area contributed by atoms with E-state index in [0.29, 0.717) is 6.42 Å². The summed E-state index contributed by atoms with van der Waals surface area (Å²) in [5.41, 5.74) is 3.21. The number of hydrogen-bond donors (Lipinski definition) is 1. The third kappa shape index (κ3) is 4.49. The molecule has 120 valence electrons. The van der Waals surface area contributed by atoms with Crippen LogP contribution in [0.3, 0.4) is 0 Å². The molecule has 0 aliphatic carbocycles. The van der Waals surface area contributed by atoms with Gasteiger partial charge in [-0.25, -0.2) is 0 Å². The molecular weight excluding hydrogens is 308 g/mol. The van der Waals surface area contributed by atoms with Crippen LogP contribution >= 0.6 is 11.6 Å². The van der Waals surface area contributed by atoms with E-state index in [-0.39, 0.29) is 5.91 Å². The van der Waals surface area contributed by atoms with Gasteiger partial charge in [0.15, 0.2) is 0 Å². The number of benzene rings is 2. The summed E-state index contributed by atoms with van der Waals surface area (Å²) in [6.07, 6.45) is 3.72. The zero-order valence-corrected chi connectivity index (χ0v) is 13.9. The summed E-state index contributed by atoms with van der Waals surface area (Å²) in [7, 11) is 0. The Hall–Kier alpha value is -2.00. The molecular formula is C19H21ClN2O. The van der Waals surface area contributed by atoms with E-state index in [9.17, 15) is 4.79 Å². The van der Waals surface area contributed by atoms with Gasteiger partial charge in [-0.2, -0.15) is 0 Å². The van der Waals surface area contributed by atoms with E-state index in [0.717, 1.165) is 35.8 Å². The maximum absolute atomic E-state index is 12.0. The van der Waals surface area contributed by atoms with Crippen molar-refractivity contribution in [2.45, 2.75) is 25.7 Å². The predicted octanol–water partition coefficient (Wildman–Crippen LogP) is 4.51. The molecule has 1 aliphatic heterocycles. The first-order chi connectivity index (χ1) is 11.2. The molecule has 1 amide bonds. The van der Waals surface area contributed by atoms with Gasteiger partial charge in [-0.05, 0) is 61.2 Å². The monoisotopic (exact) mass is 328 g/mol. The number of amides is 1. The highest BCUT2D eigenvalue weighted by Gasteiger charge is 2.12. The van der Waals surface area contributed by atoms with Gasteiger partial charge >= 0.3 is 0 Å². The molecule has 1 heterocycles. The first-order valence-electron chi connectivity index (χ1n) is 8.10. The molecule has 1 N–H and O–H groups in total. The second-order valence-corrected chi connectivity index (χ2v) is 6.35. The maximum atomic E-state index is 12.0. The van der Waals surface area contributed by atoms with Crippen LogP contribution in [0.4, 0.5) is 11.4 Å². The number of carbonyl (C=O) groups excluding carboxylic acids is 1. The first kappa shape index (κ1) is 15.9. The van der Waals surface area contributed by atoms with Crippen molar-refractivity contribution < 1.29 is 4.79 Å². The van der Waals surface area contributed by atoms with Crippen molar-refractivity contribution >= 4 is 28.9 Å². The van der Waals surface area contributed by atoms with Crippen LogP contribution in [0.2, 0.25) is 5.02 Å². The fraction of sp³-hybridized carbons (Fsp3) is 0.316. The molecule has 0 radical (unpaired) electrons. The van der Waals surface area contributed by atoms with Crippen molar-refractivity contribution in [1.82, 2.24) is 0 Å². The average molecular weight is 329 g/mol. The highest BCUT2D eigenvalue weighted by Crippen LogP contribution is 2.22. The number of nitrogens with one attached hydrogen (secondary N) is 1. The van der Waals surface area contributed by atoms with Gasteiger partial charge < -0.3 is 10.2 Å². The summed E-state index contributed by atoms with van der Waals surface area (Å²) in [6.45, 7) is 2.26. The van der Waals surface area contributed by atoms with Crippen molar-refractivity contribution in [3.63, 3.8) is 0 Å². The number of anilines is 2. The molecule has 3 nitrogen and oxygen atoms in total. The minimum Gasteiger partial charge on any atom is -0.372 e. The summed E-state index contributed by atoms with van der Waals surface area (Å²) in [5, 5.41) is 3.68. The van der Waals surface area contributed by atoms with Crippen LogP contribution in [0, 0.1) is 0 Å². The summed E-state index contributed by atoms with van der Waals surface area (Å²) >= 11 is 5.86. The lowest BCUT2D eigenvalue weighted by atomic mass is 10.1. The Balaban J connectivity index is 1.50. The SMILES string of the molecule is O=C(CCc1ccc(Cl)cc1)Nc1ccc(N2CCCC2)cc1. The molecule has 0 spiro atoms. The van der Waals surface area contributed by atoms with Crippen molar-refractivity contribution in [3.05, 3.63) is 59.1 Å². The van der Waals surface area contributed by atoms with Crippen molar-refractivity contribution in [2.75, 3.05) is 23.3 Å². The Morgan fingerprint density at radius 2 is 1.65 bits per heavy atom. The molecule has 2 aromatic carbocycles. The van der Waals surface area contributed by atoms with Crippen LogP contribution in [-0.4, -0.2) is 19.0 Å². The van der Waals surface area contributed by atoms with Crippen LogP contribution in [-0.2, 0) is 11.2 Å². The molecule has 1 aliphatic rings. The third-order valence-corrected chi connectivity index (χ3v) is 4.43. The van der Waals surface area contributed by atoms with E-state index in [1.54, 1.807) is 0 Å². The molecule has 23 heavy (non-hydrogen) atoms. The normalized spacial score (nSPS) is 14.0. The molecule has 3 rings (SSSR count). The van der Waals surface area contributed by atoms with Gasteiger partial charge in [0.2, 0.25) is 5.91 Å². The van der Waals surface area contributed by atoms with Gasteiger partial charge in [-0.3, -0.25) is 4.79 Å². The summed E-state index contributed by atoms with van der Waals surface area (Å²) in [4.78, 5) is 14.4. The van der Waals surface area contributed by atoms with Crippen molar-refractivity contribution in [3.8, 4) is 0 Å². The van der Waals surface area contributed by atoms with Crippen molar-refractivity contribution in [2.24, 2.45) is 0 Å². The quantitative estimate of drug-likeness (QED) is 0.875. The lowest BCUT2D eigenvalue weighted by Crippen LogP contribution is -2.17. The Morgan fingerprint density at radius 3 is 2.30 bits per heavy atom. The smallest absolute Gasteiger partial charge is 0.224 e. The Kier molecular flexibility index (Phi) is 5.19. The summed E-state index contributed by atoms with van der Waals surface area (Å²) in [6, 6.07) is 15.8. The maximum Gasteiger partial charge on any atom is 0.224 e. The van der Waals surface area contributed by atoms with Crippen LogP contribution in [0.25, 0.3) is 0 Å². The predicted molar refractivity (Wildman–Crippen MR) is 96.3 cm³/mol. The van der Waals surface area contributed by atoms with Gasteiger partial charge in [0.05, 0.1) is 0 Å². The van der Waals surface area contributed by atoms with E-state index in [1.165, 1.54) is 18.5 Å². The molecule has 2 aromatic rings. The topological polar surface area (TPSA) is 32.3 Å². The number of rotatable bonds is 5. The minimum absolute atomic E-state index is 0.0360. The van der Waals surface area contributed by atoms with Gasteiger partial charge in [0.1, 0.15) is 0 Å². The first-order valence-corrected chi connectivity index (χ1v) is 8.48. The number of halogens is 1. The molecule has 0 unspecified atom stereocenters. The van der Waals surface area contributed by atoms with Crippen LogP contribution in [0.15, 0.2) is 48.5 Å². The van der Waals surface area contributed by atoms with Crippen LogP contribution < -0.4 is 10.2 Å². The largest absolute Gasteiger partial charge is 0.372 e. The number of aryl methyl sites for hydroxylation is 1. The number of carbonyl (C=O) groups is 1. The second-order valence-electron chi connectivity index (χ2n) is 5.92. The molecule has 1 fully saturated rings. The van der Waals surface area contributed by atoms with Gasteiger partial charge in [-0.15, -0.1) is 0 Å². The third-order valence-electron chi connectivity index (χ3n) is 4.18. The van der Waals surface area contributed by atoms with Gasteiger partial charge in [0.25, 0.3) is 0 Å². The fourth-order valence-electron chi connectivity index (χ4n) is 2.86. The van der Waals surface area contributed by atoms with Gasteiger partial charge in [0, 0.05) is 35.9 Å². The molecule has 0 atom stereocenters. The number of nitrogens with zero attached hydrogens (tertiary/aromatic N) is 1. The second kappa shape index (κ2) is 7.51. The van der Waals surface area contributed by atoms with E-state index in [4.69, 9.17) is 11.6 Å².